The topological polar surface area (TPSA) is 67.4 Å². The summed E-state index contributed by atoms with van der Waals surface area (Å²) < 4.78 is 5.10. The summed E-state index contributed by atoms with van der Waals surface area (Å²) in [7, 11) is 1.57. The van der Waals surface area contributed by atoms with Gasteiger partial charge in [0.05, 0.1) is 7.11 Å². The van der Waals surface area contributed by atoms with E-state index in [4.69, 9.17) is 4.74 Å². The minimum atomic E-state index is -0.339. The zero-order valence-electron chi connectivity index (χ0n) is 15.2. The molecule has 1 atom stereocenters. The Hall–Kier alpha value is -2.60. The minimum absolute atomic E-state index is 0.0390. The van der Waals surface area contributed by atoms with Crippen molar-refractivity contribution in [3.05, 3.63) is 57.9 Å². The maximum absolute atomic E-state index is 12.6. The van der Waals surface area contributed by atoms with E-state index in [9.17, 15) is 9.59 Å². The Morgan fingerprint density at radius 2 is 1.96 bits per heavy atom. The highest BCUT2D eigenvalue weighted by atomic mass is 32.1. The van der Waals surface area contributed by atoms with E-state index in [1.54, 1.807) is 37.5 Å². The van der Waals surface area contributed by atoms with Crippen LogP contribution in [0, 0.1) is 0 Å². The molecule has 6 heteroatoms. The maximum Gasteiger partial charge on any atom is 0.268 e. The van der Waals surface area contributed by atoms with Crippen LogP contribution >= 0.6 is 11.3 Å². The fourth-order valence-electron chi connectivity index (χ4n) is 2.42. The zero-order valence-corrected chi connectivity index (χ0v) is 16.1. The van der Waals surface area contributed by atoms with Gasteiger partial charge in [0.25, 0.3) is 11.8 Å². The predicted molar refractivity (Wildman–Crippen MR) is 105 cm³/mol. The first-order chi connectivity index (χ1) is 12.5. The molecule has 0 fully saturated rings. The average Bonchev–Trinajstić information content (AvgIpc) is 3.14. The van der Waals surface area contributed by atoms with E-state index >= 15 is 0 Å². The summed E-state index contributed by atoms with van der Waals surface area (Å²) in [5, 5.41) is 7.59. The fraction of sp³-hybridized carbons (Fsp3) is 0.300. The Labute approximate surface area is 158 Å². The monoisotopic (exact) mass is 372 g/mol. The van der Waals surface area contributed by atoms with Gasteiger partial charge >= 0.3 is 0 Å². The number of amides is 2. The van der Waals surface area contributed by atoms with Gasteiger partial charge in [-0.05, 0) is 55.1 Å². The number of hydrogen-bond acceptors (Lipinski definition) is 4. The van der Waals surface area contributed by atoms with E-state index in [1.807, 2.05) is 24.4 Å². The Balaban J connectivity index is 2.17. The van der Waals surface area contributed by atoms with Gasteiger partial charge in [-0.2, -0.15) is 0 Å². The second-order valence-corrected chi connectivity index (χ2v) is 6.90. The number of thiophene rings is 1. The summed E-state index contributed by atoms with van der Waals surface area (Å²) in [6.45, 7) is 4.02. The first kappa shape index (κ1) is 19.7. The molecular weight excluding hydrogens is 348 g/mol. The van der Waals surface area contributed by atoms with Crippen molar-refractivity contribution in [1.82, 2.24) is 10.6 Å². The van der Waals surface area contributed by atoms with Gasteiger partial charge in [0.15, 0.2) is 0 Å². The van der Waals surface area contributed by atoms with Gasteiger partial charge in [0.1, 0.15) is 11.4 Å². The van der Waals surface area contributed by atoms with E-state index in [1.165, 1.54) is 11.3 Å². The molecule has 0 aliphatic carbocycles. The number of rotatable bonds is 8. The van der Waals surface area contributed by atoms with E-state index in [-0.39, 0.29) is 23.6 Å². The lowest BCUT2D eigenvalue weighted by molar-refractivity contribution is -0.118. The third kappa shape index (κ3) is 5.74. The summed E-state index contributed by atoms with van der Waals surface area (Å²) in [6, 6.07) is 10.6. The lowest BCUT2D eigenvalue weighted by atomic mass is 10.1. The highest BCUT2D eigenvalue weighted by molar-refractivity contribution is 7.10. The molecule has 1 heterocycles. The molecule has 0 bridgehead atoms. The molecule has 1 unspecified atom stereocenters. The molecule has 2 rings (SSSR count). The van der Waals surface area contributed by atoms with Crippen LogP contribution in [-0.4, -0.2) is 25.0 Å². The van der Waals surface area contributed by atoms with Gasteiger partial charge in [0, 0.05) is 16.5 Å². The molecule has 0 saturated carbocycles. The van der Waals surface area contributed by atoms with Crippen molar-refractivity contribution in [1.29, 1.82) is 0 Å². The van der Waals surface area contributed by atoms with Gasteiger partial charge in [-0.3, -0.25) is 9.59 Å². The third-order valence-corrected chi connectivity index (χ3v) is 4.59. The number of benzene rings is 1. The molecule has 0 aliphatic rings. The highest BCUT2D eigenvalue weighted by Crippen LogP contribution is 2.15. The van der Waals surface area contributed by atoms with Crippen molar-refractivity contribution in [2.45, 2.75) is 32.7 Å². The number of carbonyl (C=O) groups excluding carboxylic acids is 2. The van der Waals surface area contributed by atoms with E-state index in [2.05, 4.69) is 17.6 Å². The van der Waals surface area contributed by atoms with Crippen molar-refractivity contribution in [3.8, 4) is 5.75 Å². The minimum Gasteiger partial charge on any atom is -0.497 e. The number of carbonyl (C=O) groups is 2. The quantitative estimate of drug-likeness (QED) is 0.692. The van der Waals surface area contributed by atoms with Crippen LogP contribution in [0.5, 0.6) is 5.75 Å². The van der Waals surface area contributed by atoms with Crippen molar-refractivity contribution in [2.75, 3.05) is 7.11 Å². The lowest BCUT2D eigenvalue weighted by Gasteiger charge is -2.15. The van der Waals surface area contributed by atoms with Crippen LogP contribution in [0.15, 0.2) is 47.5 Å². The molecule has 2 amide bonds. The first-order valence-corrected chi connectivity index (χ1v) is 9.43. The van der Waals surface area contributed by atoms with Gasteiger partial charge in [-0.25, -0.2) is 0 Å². The molecule has 2 N–H and O–H groups in total. The van der Waals surface area contributed by atoms with Gasteiger partial charge < -0.3 is 15.4 Å². The Bertz CT molecular complexity index is 752. The SMILES string of the molecule is CCCC(C)NC(=O)/C(=C/c1cccs1)NC(=O)c1ccc(OC)cc1. The van der Waals surface area contributed by atoms with Crippen molar-refractivity contribution in [2.24, 2.45) is 0 Å². The lowest BCUT2D eigenvalue weighted by Crippen LogP contribution is -2.39. The number of hydrogen-bond donors (Lipinski definition) is 2. The van der Waals surface area contributed by atoms with Gasteiger partial charge in [0.2, 0.25) is 0 Å². The molecule has 0 saturated heterocycles. The molecule has 1 aromatic carbocycles. The van der Waals surface area contributed by atoms with Crippen LogP contribution in [0.2, 0.25) is 0 Å². The standard InChI is InChI=1S/C20H24N2O3S/c1-4-6-14(2)21-20(24)18(13-17-7-5-12-26-17)22-19(23)15-8-10-16(25-3)11-9-15/h5,7-14H,4,6H2,1-3H3,(H,21,24)(H,22,23)/b18-13-. The summed E-state index contributed by atoms with van der Waals surface area (Å²) in [4.78, 5) is 26.0. The Kier molecular flexibility index (Phi) is 7.41. The summed E-state index contributed by atoms with van der Waals surface area (Å²) in [5.74, 6) is 0.0389. The molecular formula is C20H24N2O3S. The number of ether oxygens (including phenoxy) is 1. The number of nitrogens with one attached hydrogen (secondary N) is 2. The molecule has 1 aromatic heterocycles. The smallest absolute Gasteiger partial charge is 0.268 e. The largest absolute Gasteiger partial charge is 0.497 e. The van der Waals surface area contributed by atoms with Crippen LogP contribution in [0.4, 0.5) is 0 Å². The molecule has 0 spiro atoms. The molecule has 138 valence electrons. The third-order valence-electron chi connectivity index (χ3n) is 3.77. The predicted octanol–water partition coefficient (Wildman–Crippen LogP) is 3.83. The highest BCUT2D eigenvalue weighted by Gasteiger charge is 2.16. The molecule has 0 aliphatic heterocycles. The second kappa shape index (κ2) is 9.77. The molecule has 2 aromatic rings. The Morgan fingerprint density at radius 3 is 2.54 bits per heavy atom. The van der Waals surface area contributed by atoms with E-state index < -0.39 is 0 Å². The van der Waals surface area contributed by atoms with Crippen molar-refractivity contribution >= 4 is 29.2 Å². The van der Waals surface area contributed by atoms with E-state index in [0.717, 1.165) is 17.7 Å². The van der Waals surface area contributed by atoms with Gasteiger partial charge in [-0.15, -0.1) is 11.3 Å². The summed E-state index contributed by atoms with van der Waals surface area (Å²) >= 11 is 1.50. The van der Waals surface area contributed by atoms with Crippen molar-refractivity contribution in [3.63, 3.8) is 0 Å². The first-order valence-electron chi connectivity index (χ1n) is 8.55. The van der Waals surface area contributed by atoms with Crippen LogP contribution in [0.1, 0.15) is 41.9 Å². The Morgan fingerprint density at radius 1 is 1.23 bits per heavy atom. The van der Waals surface area contributed by atoms with E-state index in [0.29, 0.717) is 11.3 Å². The average molecular weight is 372 g/mol. The summed E-state index contributed by atoms with van der Waals surface area (Å²) in [6.07, 6.45) is 3.55. The van der Waals surface area contributed by atoms with Crippen LogP contribution < -0.4 is 15.4 Å². The van der Waals surface area contributed by atoms with Crippen LogP contribution in [0.25, 0.3) is 6.08 Å². The zero-order chi connectivity index (χ0) is 18.9. The number of methoxy groups -OCH3 is 1. The van der Waals surface area contributed by atoms with Crippen molar-refractivity contribution < 1.29 is 14.3 Å². The maximum atomic E-state index is 12.6. The van der Waals surface area contributed by atoms with Crippen LogP contribution in [-0.2, 0) is 4.79 Å². The molecule has 5 nitrogen and oxygen atoms in total. The summed E-state index contributed by atoms with van der Waals surface area (Å²) in [5.41, 5.74) is 0.688. The van der Waals surface area contributed by atoms with Gasteiger partial charge in [-0.1, -0.05) is 19.4 Å². The molecule has 26 heavy (non-hydrogen) atoms. The second-order valence-electron chi connectivity index (χ2n) is 5.92. The fourth-order valence-corrected chi connectivity index (χ4v) is 3.07. The normalized spacial score (nSPS) is 12.3. The van der Waals surface area contributed by atoms with Crippen LogP contribution in [0.3, 0.4) is 0 Å². The molecule has 0 radical (unpaired) electrons.